The van der Waals surface area contributed by atoms with Crippen LogP contribution in [0, 0.1) is 0 Å². The van der Waals surface area contributed by atoms with Crippen LogP contribution in [-0.4, -0.2) is 39.4 Å². The molecule has 23 heavy (non-hydrogen) atoms. The van der Waals surface area contributed by atoms with E-state index in [0.29, 0.717) is 17.6 Å². The second-order valence-corrected chi connectivity index (χ2v) is 8.43. The first kappa shape index (κ1) is 16.3. The Morgan fingerprint density at radius 3 is 2.48 bits per heavy atom. The predicted octanol–water partition coefficient (Wildman–Crippen LogP) is 2.22. The number of nitrogens with one attached hydrogen (secondary N) is 1. The van der Waals surface area contributed by atoms with Gasteiger partial charge in [0, 0.05) is 36.3 Å². The fraction of sp³-hybridized carbons (Fsp3) is 0.312. The number of carbonyl (C=O) groups is 1. The monoisotopic (exact) mass is 350 g/mol. The number of hydrogen-bond donors (Lipinski definition) is 1. The Morgan fingerprint density at radius 1 is 1.13 bits per heavy atom. The maximum absolute atomic E-state index is 12.7. The fourth-order valence-electron chi connectivity index (χ4n) is 2.74. The average Bonchev–Trinajstić information content (AvgIpc) is 2.90. The van der Waals surface area contributed by atoms with E-state index in [9.17, 15) is 13.2 Å². The topological polar surface area (TPSA) is 66.5 Å². The zero-order valence-corrected chi connectivity index (χ0v) is 14.6. The van der Waals surface area contributed by atoms with Gasteiger partial charge in [0.05, 0.1) is 10.9 Å². The number of fused-ring (bicyclic) bond motifs is 1. The third-order valence-electron chi connectivity index (χ3n) is 3.86. The average molecular weight is 350 g/mol. The Bertz CT molecular complexity index is 863. The van der Waals surface area contributed by atoms with Gasteiger partial charge in [0.25, 0.3) is 0 Å². The molecule has 2 aromatic rings. The number of sulfonamides is 1. The number of nitrogens with zero attached hydrogens (tertiary/aromatic N) is 1. The molecular formula is C16H18N2O3S2. The lowest BCUT2D eigenvalue weighted by Crippen LogP contribution is -2.37. The van der Waals surface area contributed by atoms with Crippen molar-refractivity contribution in [2.45, 2.75) is 17.4 Å². The summed E-state index contributed by atoms with van der Waals surface area (Å²) in [6, 6.07) is 10.2. The Labute approximate surface area is 140 Å². The standard InChI is InChI=1S/C16H18N2O3S2/c1-18(2)14-7-3-6-12-11(14)5-4-8-15(12)23(20,21)17-13-9-10-22-16(13)19/h3-8,13,17H,9-10H2,1-2H3. The molecular weight excluding hydrogens is 332 g/mol. The van der Waals surface area contributed by atoms with Gasteiger partial charge in [-0.15, -0.1) is 0 Å². The van der Waals surface area contributed by atoms with Crippen LogP contribution in [0.15, 0.2) is 41.3 Å². The van der Waals surface area contributed by atoms with Crippen molar-refractivity contribution in [3.63, 3.8) is 0 Å². The molecule has 2 aromatic carbocycles. The van der Waals surface area contributed by atoms with Gasteiger partial charge in [-0.2, -0.15) is 4.72 Å². The normalized spacial score (nSPS) is 18.5. The van der Waals surface area contributed by atoms with Crippen molar-refractivity contribution in [2.75, 3.05) is 24.7 Å². The third-order valence-corrected chi connectivity index (χ3v) is 6.40. The summed E-state index contributed by atoms with van der Waals surface area (Å²) in [6.45, 7) is 0. The van der Waals surface area contributed by atoms with Crippen molar-refractivity contribution in [3.8, 4) is 0 Å². The molecule has 122 valence electrons. The van der Waals surface area contributed by atoms with E-state index in [-0.39, 0.29) is 10.0 Å². The fourth-order valence-corrected chi connectivity index (χ4v) is 5.20. The third kappa shape index (κ3) is 3.08. The molecule has 0 amide bonds. The van der Waals surface area contributed by atoms with Gasteiger partial charge in [0.2, 0.25) is 15.1 Å². The van der Waals surface area contributed by atoms with E-state index in [0.717, 1.165) is 11.1 Å². The summed E-state index contributed by atoms with van der Waals surface area (Å²) in [6.07, 6.45) is 0.538. The molecule has 5 nitrogen and oxygen atoms in total. The van der Waals surface area contributed by atoms with Crippen LogP contribution in [0.4, 0.5) is 5.69 Å². The van der Waals surface area contributed by atoms with Crippen molar-refractivity contribution in [1.29, 1.82) is 0 Å². The quantitative estimate of drug-likeness (QED) is 0.916. The molecule has 1 N–H and O–H groups in total. The second kappa shape index (κ2) is 6.14. The highest BCUT2D eigenvalue weighted by Gasteiger charge is 2.30. The van der Waals surface area contributed by atoms with Crippen molar-refractivity contribution in [2.24, 2.45) is 0 Å². The molecule has 0 saturated carbocycles. The number of rotatable bonds is 4. The molecule has 1 saturated heterocycles. The SMILES string of the molecule is CN(C)c1cccc2c(S(=O)(=O)NC3CCSC3=O)cccc12. The van der Waals surface area contributed by atoms with E-state index in [4.69, 9.17) is 0 Å². The first-order valence-electron chi connectivity index (χ1n) is 7.28. The van der Waals surface area contributed by atoms with Gasteiger partial charge in [-0.25, -0.2) is 8.42 Å². The second-order valence-electron chi connectivity index (χ2n) is 5.65. The molecule has 3 rings (SSSR count). The van der Waals surface area contributed by atoms with Crippen LogP contribution in [0.1, 0.15) is 6.42 Å². The molecule has 0 aromatic heterocycles. The Balaban J connectivity index is 2.09. The molecule has 1 atom stereocenters. The summed E-state index contributed by atoms with van der Waals surface area (Å²) < 4.78 is 28.0. The van der Waals surface area contributed by atoms with Crippen LogP contribution in [0.3, 0.4) is 0 Å². The minimum atomic E-state index is -3.75. The summed E-state index contributed by atoms with van der Waals surface area (Å²) in [4.78, 5) is 13.9. The smallest absolute Gasteiger partial charge is 0.241 e. The highest BCUT2D eigenvalue weighted by atomic mass is 32.2. The Hall–Kier alpha value is -1.57. The minimum Gasteiger partial charge on any atom is -0.377 e. The van der Waals surface area contributed by atoms with Crippen molar-refractivity contribution in [3.05, 3.63) is 36.4 Å². The Kier molecular flexibility index (Phi) is 4.35. The summed E-state index contributed by atoms with van der Waals surface area (Å²) >= 11 is 1.18. The van der Waals surface area contributed by atoms with Crippen molar-refractivity contribution < 1.29 is 13.2 Å². The van der Waals surface area contributed by atoms with Gasteiger partial charge in [-0.3, -0.25) is 4.79 Å². The van der Waals surface area contributed by atoms with Crippen LogP contribution in [0.5, 0.6) is 0 Å². The van der Waals surface area contributed by atoms with E-state index in [1.807, 2.05) is 37.2 Å². The molecule has 1 aliphatic rings. The minimum absolute atomic E-state index is 0.109. The van der Waals surface area contributed by atoms with Gasteiger partial charge in [-0.05, 0) is 18.6 Å². The van der Waals surface area contributed by atoms with E-state index in [2.05, 4.69) is 4.72 Å². The lowest BCUT2D eigenvalue weighted by molar-refractivity contribution is -0.111. The van der Waals surface area contributed by atoms with Crippen LogP contribution in [0.25, 0.3) is 10.8 Å². The van der Waals surface area contributed by atoms with Crippen molar-refractivity contribution in [1.82, 2.24) is 4.72 Å². The number of thioether (sulfide) groups is 1. The molecule has 1 fully saturated rings. The maximum Gasteiger partial charge on any atom is 0.241 e. The van der Waals surface area contributed by atoms with Crippen LogP contribution < -0.4 is 9.62 Å². The summed E-state index contributed by atoms with van der Waals surface area (Å²) in [5.74, 6) is 0.659. The molecule has 1 aliphatic heterocycles. The lowest BCUT2D eigenvalue weighted by atomic mass is 10.1. The molecule has 1 unspecified atom stereocenters. The molecule has 0 bridgehead atoms. The van der Waals surface area contributed by atoms with Gasteiger partial charge in [-0.1, -0.05) is 36.0 Å². The molecule has 1 heterocycles. The van der Waals surface area contributed by atoms with E-state index >= 15 is 0 Å². The zero-order chi connectivity index (χ0) is 16.6. The van der Waals surface area contributed by atoms with Gasteiger partial charge in [0.1, 0.15) is 0 Å². The van der Waals surface area contributed by atoms with Gasteiger partial charge < -0.3 is 4.90 Å². The number of anilines is 1. The van der Waals surface area contributed by atoms with Crippen LogP contribution >= 0.6 is 11.8 Å². The lowest BCUT2D eigenvalue weighted by Gasteiger charge is -2.17. The highest BCUT2D eigenvalue weighted by molar-refractivity contribution is 8.14. The van der Waals surface area contributed by atoms with Gasteiger partial charge >= 0.3 is 0 Å². The molecule has 0 aliphatic carbocycles. The summed E-state index contributed by atoms with van der Waals surface area (Å²) in [5, 5.41) is 1.42. The number of benzene rings is 2. The Morgan fingerprint density at radius 2 is 1.83 bits per heavy atom. The van der Waals surface area contributed by atoms with Crippen LogP contribution in [0.2, 0.25) is 0 Å². The van der Waals surface area contributed by atoms with Crippen LogP contribution in [-0.2, 0) is 14.8 Å². The first-order valence-corrected chi connectivity index (χ1v) is 9.75. The zero-order valence-electron chi connectivity index (χ0n) is 12.9. The molecule has 7 heteroatoms. The number of hydrogen-bond acceptors (Lipinski definition) is 5. The van der Waals surface area contributed by atoms with Crippen molar-refractivity contribution >= 4 is 43.4 Å². The predicted molar refractivity (Wildman–Crippen MR) is 94.5 cm³/mol. The summed E-state index contributed by atoms with van der Waals surface area (Å²) in [5.41, 5.74) is 0.951. The van der Waals surface area contributed by atoms with E-state index in [1.54, 1.807) is 18.2 Å². The first-order chi connectivity index (χ1) is 10.9. The largest absolute Gasteiger partial charge is 0.377 e. The molecule has 0 radical (unpaired) electrons. The molecule has 0 spiro atoms. The van der Waals surface area contributed by atoms with E-state index < -0.39 is 16.1 Å². The number of carbonyl (C=O) groups excluding carboxylic acids is 1. The van der Waals surface area contributed by atoms with E-state index in [1.165, 1.54) is 11.8 Å². The summed E-state index contributed by atoms with van der Waals surface area (Å²) in [7, 11) is 0.0902. The highest BCUT2D eigenvalue weighted by Crippen LogP contribution is 2.31. The van der Waals surface area contributed by atoms with Gasteiger partial charge in [0.15, 0.2) is 0 Å². The maximum atomic E-state index is 12.7.